The molecule has 0 spiro atoms. The van der Waals surface area contributed by atoms with Crippen molar-refractivity contribution < 1.29 is 13.5 Å². The average molecular weight is 347 g/mol. The number of aryl methyl sites for hydroxylation is 1. The highest BCUT2D eigenvalue weighted by Crippen LogP contribution is 2.26. The van der Waals surface area contributed by atoms with Gasteiger partial charge in [0.15, 0.2) is 0 Å². The molecule has 0 aliphatic carbocycles. The van der Waals surface area contributed by atoms with Gasteiger partial charge in [0.2, 0.25) is 0 Å². The molecule has 2 heterocycles. The minimum atomic E-state index is -3.35. The second kappa shape index (κ2) is 7.40. The van der Waals surface area contributed by atoms with Gasteiger partial charge in [-0.1, -0.05) is 0 Å². The number of aliphatic hydroxyl groups is 1. The summed E-state index contributed by atoms with van der Waals surface area (Å²) in [5, 5.41) is 9.42. The van der Waals surface area contributed by atoms with Crippen molar-refractivity contribution in [1.29, 1.82) is 0 Å². The Bertz CT molecular complexity index is 575. The largest absolute Gasteiger partial charge is 0.392 e. The smallest absolute Gasteiger partial charge is 0.252 e. The van der Waals surface area contributed by atoms with Crippen molar-refractivity contribution in [1.82, 2.24) is 9.21 Å². The monoisotopic (exact) mass is 346 g/mol. The number of thiophene rings is 1. The number of nitrogens with zero attached hydrogens (tertiary/aromatic N) is 2. The van der Waals surface area contributed by atoms with Gasteiger partial charge in [0.1, 0.15) is 4.21 Å². The molecule has 1 aromatic rings. The Morgan fingerprint density at radius 3 is 2.55 bits per heavy atom. The summed E-state index contributed by atoms with van der Waals surface area (Å²) in [4.78, 5) is 3.26. The fourth-order valence-corrected chi connectivity index (χ4v) is 5.63. The van der Waals surface area contributed by atoms with E-state index in [9.17, 15) is 13.5 Å². The first-order chi connectivity index (χ1) is 10.3. The molecular formula is C15H26N2O3S2. The molecule has 0 radical (unpaired) electrons. The molecule has 1 saturated heterocycles. The van der Waals surface area contributed by atoms with Crippen LogP contribution in [0.2, 0.25) is 0 Å². The van der Waals surface area contributed by atoms with Crippen LogP contribution in [0.1, 0.15) is 24.6 Å². The highest BCUT2D eigenvalue weighted by molar-refractivity contribution is 7.91. The predicted octanol–water partition coefficient (Wildman–Crippen LogP) is 1.77. The Kier molecular flexibility index (Phi) is 6.01. The summed E-state index contributed by atoms with van der Waals surface area (Å²) in [6.45, 7) is 6.86. The summed E-state index contributed by atoms with van der Waals surface area (Å²) >= 11 is 1.33. The van der Waals surface area contributed by atoms with Gasteiger partial charge in [-0.05, 0) is 57.8 Å². The Morgan fingerprint density at radius 2 is 2.05 bits per heavy atom. The van der Waals surface area contributed by atoms with Crippen molar-refractivity contribution in [3.8, 4) is 0 Å². The first-order valence-electron chi connectivity index (χ1n) is 7.72. The van der Waals surface area contributed by atoms with Crippen LogP contribution in [0, 0.1) is 12.8 Å². The minimum Gasteiger partial charge on any atom is -0.392 e. The number of aliphatic hydroxyl groups excluding tert-OH is 1. The highest BCUT2D eigenvalue weighted by Gasteiger charge is 2.27. The molecule has 1 aliphatic heterocycles. The van der Waals surface area contributed by atoms with E-state index in [4.69, 9.17) is 0 Å². The van der Waals surface area contributed by atoms with Gasteiger partial charge in [0, 0.05) is 25.0 Å². The first kappa shape index (κ1) is 17.9. The maximum Gasteiger partial charge on any atom is 0.252 e. The maximum absolute atomic E-state index is 12.5. The van der Waals surface area contributed by atoms with E-state index in [0.29, 0.717) is 23.2 Å². The lowest BCUT2D eigenvalue weighted by Crippen LogP contribution is -2.41. The number of hydrogen-bond acceptors (Lipinski definition) is 5. The van der Waals surface area contributed by atoms with E-state index in [0.717, 1.165) is 30.8 Å². The number of hydrogen-bond donors (Lipinski definition) is 1. The van der Waals surface area contributed by atoms with Crippen LogP contribution in [0.3, 0.4) is 0 Å². The molecule has 5 nitrogen and oxygen atoms in total. The summed E-state index contributed by atoms with van der Waals surface area (Å²) in [7, 11) is -1.68. The molecule has 1 aromatic heterocycles. The molecule has 1 fully saturated rings. The zero-order chi connectivity index (χ0) is 16.3. The third kappa shape index (κ3) is 4.52. The SMILES string of the molecule is Cc1ccc(S(=O)(=O)N(C)CC2CCN(C[C@H](C)O)CC2)s1. The van der Waals surface area contributed by atoms with Crippen LogP contribution >= 0.6 is 11.3 Å². The normalized spacial score (nSPS) is 19.7. The van der Waals surface area contributed by atoms with Crippen LogP contribution in [-0.4, -0.2) is 62.1 Å². The van der Waals surface area contributed by atoms with E-state index < -0.39 is 10.0 Å². The van der Waals surface area contributed by atoms with E-state index >= 15 is 0 Å². The Balaban J connectivity index is 1.89. The number of rotatable bonds is 6. The number of piperidine rings is 1. The van der Waals surface area contributed by atoms with Gasteiger partial charge >= 0.3 is 0 Å². The number of β-amino-alcohol motifs (C(OH)–C–C–N with tert-alkyl or cyclic N) is 1. The second-order valence-corrected chi connectivity index (χ2v) is 9.80. The molecule has 126 valence electrons. The van der Waals surface area contributed by atoms with Crippen molar-refractivity contribution in [3.05, 3.63) is 17.0 Å². The van der Waals surface area contributed by atoms with E-state index in [1.54, 1.807) is 20.0 Å². The third-order valence-corrected chi connectivity index (χ3v) is 7.42. The summed E-state index contributed by atoms with van der Waals surface area (Å²) in [5.74, 6) is 0.395. The van der Waals surface area contributed by atoms with Gasteiger partial charge in [-0.15, -0.1) is 11.3 Å². The predicted molar refractivity (Wildman–Crippen MR) is 89.7 cm³/mol. The van der Waals surface area contributed by atoms with Gasteiger partial charge in [-0.2, -0.15) is 4.31 Å². The van der Waals surface area contributed by atoms with E-state index in [1.807, 2.05) is 13.0 Å². The lowest BCUT2D eigenvalue weighted by atomic mass is 9.97. The molecule has 0 amide bonds. The molecule has 0 saturated carbocycles. The van der Waals surface area contributed by atoms with Crippen molar-refractivity contribution in [2.24, 2.45) is 5.92 Å². The highest BCUT2D eigenvalue weighted by atomic mass is 32.2. The van der Waals surface area contributed by atoms with E-state index in [2.05, 4.69) is 4.90 Å². The van der Waals surface area contributed by atoms with Crippen molar-refractivity contribution >= 4 is 21.4 Å². The van der Waals surface area contributed by atoms with Crippen LogP contribution in [0.4, 0.5) is 0 Å². The third-order valence-electron chi connectivity index (χ3n) is 4.13. The fourth-order valence-electron chi connectivity index (χ4n) is 2.89. The number of sulfonamides is 1. The number of likely N-dealkylation sites (tertiary alicyclic amines) is 1. The van der Waals surface area contributed by atoms with Crippen molar-refractivity contribution in [2.75, 3.05) is 33.2 Å². The molecule has 1 aliphatic rings. The standard InChI is InChI=1S/C15H26N2O3S2/c1-12(18)10-17-8-6-14(7-9-17)11-16(3)22(19,20)15-5-4-13(2)21-15/h4-5,12,14,18H,6-11H2,1-3H3/t12-/m0/s1. The van der Waals surface area contributed by atoms with Gasteiger partial charge in [0.25, 0.3) is 10.0 Å². The van der Waals surface area contributed by atoms with Gasteiger partial charge < -0.3 is 10.0 Å². The van der Waals surface area contributed by atoms with Crippen molar-refractivity contribution in [3.63, 3.8) is 0 Å². The van der Waals surface area contributed by atoms with Gasteiger partial charge in [-0.25, -0.2) is 8.42 Å². The Morgan fingerprint density at radius 1 is 1.41 bits per heavy atom. The van der Waals surface area contributed by atoms with E-state index in [1.165, 1.54) is 15.6 Å². The second-order valence-electron chi connectivity index (χ2n) is 6.24. The molecular weight excluding hydrogens is 320 g/mol. The van der Waals surface area contributed by atoms with Crippen LogP contribution in [0.25, 0.3) is 0 Å². The first-order valence-corrected chi connectivity index (χ1v) is 9.98. The van der Waals surface area contributed by atoms with Gasteiger partial charge in [-0.3, -0.25) is 0 Å². The Hall–Kier alpha value is -0.470. The summed E-state index contributed by atoms with van der Waals surface area (Å²) in [5.41, 5.74) is 0. The Labute approximate surface area is 137 Å². The van der Waals surface area contributed by atoms with Gasteiger partial charge in [0.05, 0.1) is 6.10 Å². The summed E-state index contributed by atoms with van der Waals surface area (Å²) in [6, 6.07) is 3.54. The molecule has 1 N–H and O–H groups in total. The summed E-state index contributed by atoms with van der Waals surface area (Å²) in [6.07, 6.45) is 1.66. The van der Waals surface area contributed by atoms with Crippen LogP contribution in [0.15, 0.2) is 16.3 Å². The van der Waals surface area contributed by atoms with Crippen LogP contribution in [0.5, 0.6) is 0 Å². The summed E-state index contributed by atoms with van der Waals surface area (Å²) < 4.78 is 27.0. The zero-order valence-electron chi connectivity index (χ0n) is 13.5. The molecule has 22 heavy (non-hydrogen) atoms. The molecule has 0 unspecified atom stereocenters. The quantitative estimate of drug-likeness (QED) is 0.853. The topological polar surface area (TPSA) is 60.9 Å². The molecule has 7 heteroatoms. The average Bonchev–Trinajstić information content (AvgIpc) is 2.87. The zero-order valence-corrected chi connectivity index (χ0v) is 15.2. The molecule has 0 aromatic carbocycles. The molecule has 0 bridgehead atoms. The van der Waals surface area contributed by atoms with Crippen molar-refractivity contribution in [2.45, 2.75) is 37.0 Å². The fraction of sp³-hybridized carbons (Fsp3) is 0.733. The molecule has 1 atom stereocenters. The van der Waals surface area contributed by atoms with Crippen LogP contribution < -0.4 is 0 Å². The minimum absolute atomic E-state index is 0.304. The lowest BCUT2D eigenvalue weighted by molar-refractivity contribution is 0.0972. The molecule has 2 rings (SSSR count). The van der Waals surface area contributed by atoms with E-state index in [-0.39, 0.29) is 6.10 Å². The maximum atomic E-state index is 12.5. The lowest BCUT2D eigenvalue weighted by Gasteiger charge is -2.34. The van der Waals surface area contributed by atoms with Crippen LogP contribution in [-0.2, 0) is 10.0 Å².